The van der Waals surface area contributed by atoms with Gasteiger partial charge in [0.2, 0.25) is 0 Å². The molecule has 0 spiro atoms. The molecule has 0 heterocycles. The van der Waals surface area contributed by atoms with Gasteiger partial charge in [0, 0.05) is 12.0 Å². The minimum atomic E-state index is -0.459. The first-order valence-electron chi connectivity index (χ1n) is 5.98. The van der Waals surface area contributed by atoms with Gasteiger partial charge in [-0.3, -0.25) is 0 Å². The zero-order valence-electron chi connectivity index (χ0n) is 9.42. The van der Waals surface area contributed by atoms with Gasteiger partial charge in [-0.15, -0.1) is 0 Å². The minimum absolute atomic E-state index is 0.0627. The second-order valence-electron chi connectivity index (χ2n) is 5.62. The highest BCUT2D eigenvalue weighted by atomic mass is 16.3. The largest absolute Gasteiger partial charge is 0.389 e. The van der Waals surface area contributed by atoms with Gasteiger partial charge in [0.1, 0.15) is 0 Å². The van der Waals surface area contributed by atoms with E-state index >= 15 is 0 Å². The van der Waals surface area contributed by atoms with Gasteiger partial charge >= 0.3 is 0 Å². The molecule has 0 amide bonds. The molecule has 0 aromatic heterocycles. The van der Waals surface area contributed by atoms with Crippen molar-refractivity contribution in [2.24, 2.45) is 23.0 Å². The Kier molecular flexibility index (Phi) is 2.39. The van der Waals surface area contributed by atoms with Crippen LogP contribution in [0.2, 0.25) is 0 Å². The van der Waals surface area contributed by atoms with Crippen molar-refractivity contribution >= 4 is 0 Å². The molecule has 0 aromatic carbocycles. The number of fused-ring (bicyclic) bond motifs is 2. The van der Waals surface area contributed by atoms with E-state index in [4.69, 9.17) is 5.73 Å². The van der Waals surface area contributed by atoms with Crippen LogP contribution in [0.4, 0.5) is 0 Å². The maximum absolute atomic E-state index is 10.8. The van der Waals surface area contributed by atoms with Crippen LogP contribution in [0.25, 0.3) is 0 Å². The van der Waals surface area contributed by atoms with Gasteiger partial charge in [-0.2, -0.15) is 0 Å². The predicted octanol–water partition coefficient (Wildman–Crippen LogP) is 1.91. The summed E-state index contributed by atoms with van der Waals surface area (Å²) < 4.78 is 0. The van der Waals surface area contributed by atoms with E-state index in [0.717, 1.165) is 18.8 Å². The summed E-state index contributed by atoms with van der Waals surface area (Å²) in [6.45, 7) is 4.92. The average molecular weight is 197 g/mol. The molecule has 2 nitrogen and oxygen atoms in total. The molecule has 2 fully saturated rings. The van der Waals surface area contributed by atoms with Gasteiger partial charge in [0.25, 0.3) is 0 Å². The maximum Gasteiger partial charge on any atom is 0.0743 e. The van der Waals surface area contributed by atoms with Crippen molar-refractivity contribution in [3.63, 3.8) is 0 Å². The molecule has 2 saturated carbocycles. The van der Waals surface area contributed by atoms with E-state index in [1.807, 2.05) is 0 Å². The molecule has 14 heavy (non-hydrogen) atoms. The molecule has 2 aliphatic carbocycles. The summed E-state index contributed by atoms with van der Waals surface area (Å²) in [5.41, 5.74) is 5.33. The van der Waals surface area contributed by atoms with Crippen molar-refractivity contribution < 1.29 is 5.11 Å². The highest BCUT2D eigenvalue weighted by Crippen LogP contribution is 2.57. The van der Waals surface area contributed by atoms with Crippen molar-refractivity contribution in [1.82, 2.24) is 0 Å². The van der Waals surface area contributed by atoms with Crippen LogP contribution in [-0.4, -0.2) is 17.3 Å². The van der Waals surface area contributed by atoms with Crippen molar-refractivity contribution in [3.05, 3.63) is 0 Å². The smallest absolute Gasteiger partial charge is 0.0743 e. The zero-order valence-corrected chi connectivity index (χ0v) is 9.42. The molecule has 82 valence electrons. The van der Waals surface area contributed by atoms with Gasteiger partial charge < -0.3 is 10.8 Å². The number of hydrogen-bond donors (Lipinski definition) is 2. The van der Waals surface area contributed by atoms with Gasteiger partial charge in [0.15, 0.2) is 0 Å². The van der Waals surface area contributed by atoms with Gasteiger partial charge in [0.05, 0.1) is 5.60 Å². The maximum atomic E-state index is 10.8. The standard InChI is InChI=1S/C12H23NO/c1-3-11(2,8-13)12(14)7-9-4-5-10(12)6-9/h9-10,14H,3-8,13H2,1-2H3. The van der Waals surface area contributed by atoms with Crippen molar-refractivity contribution in [2.75, 3.05) is 6.54 Å². The lowest BCUT2D eigenvalue weighted by Gasteiger charge is -2.47. The topological polar surface area (TPSA) is 46.2 Å². The van der Waals surface area contributed by atoms with Crippen LogP contribution in [0.5, 0.6) is 0 Å². The highest BCUT2D eigenvalue weighted by molar-refractivity contribution is 5.09. The number of aliphatic hydroxyl groups is 1. The molecule has 0 aliphatic heterocycles. The Balaban J connectivity index is 2.23. The Bertz CT molecular complexity index is 224. The predicted molar refractivity (Wildman–Crippen MR) is 57.9 cm³/mol. The normalized spacial score (nSPS) is 45.4. The van der Waals surface area contributed by atoms with Gasteiger partial charge in [-0.1, -0.05) is 13.8 Å². The van der Waals surface area contributed by atoms with Crippen LogP contribution in [0.3, 0.4) is 0 Å². The highest BCUT2D eigenvalue weighted by Gasteiger charge is 2.57. The lowest BCUT2D eigenvalue weighted by molar-refractivity contribution is -0.113. The van der Waals surface area contributed by atoms with Crippen LogP contribution in [0, 0.1) is 17.3 Å². The number of nitrogens with two attached hydrogens (primary N) is 1. The monoisotopic (exact) mass is 197 g/mol. The first-order valence-corrected chi connectivity index (χ1v) is 5.98. The quantitative estimate of drug-likeness (QED) is 0.726. The zero-order chi connectivity index (χ0) is 10.4. The molecular weight excluding hydrogens is 174 g/mol. The molecule has 2 aliphatic rings. The van der Waals surface area contributed by atoms with E-state index in [0.29, 0.717) is 12.5 Å². The van der Waals surface area contributed by atoms with E-state index in [-0.39, 0.29) is 5.41 Å². The molecule has 2 bridgehead atoms. The summed E-state index contributed by atoms with van der Waals surface area (Å²) in [5.74, 6) is 1.31. The Hall–Kier alpha value is -0.0800. The summed E-state index contributed by atoms with van der Waals surface area (Å²) in [6, 6.07) is 0. The molecule has 0 saturated heterocycles. The summed E-state index contributed by atoms with van der Waals surface area (Å²) in [6.07, 6.45) is 5.78. The molecule has 2 heteroatoms. The van der Waals surface area contributed by atoms with E-state index in [2.05, 4.69) is 13.8 Å². The first-order chi connectivity index (χ1) is 6.55. The molecule has 3 N–H and O–H groups in total. The average Bonchev–Trinajstić information content (AvgIpc) is 2.76. The van der Waals surface area contributed by atoms with Crippen molar-refractivity contribution in [3.8, 4) is 0 Å². The van der Waals surface area contributed by atoms with E-state index in [1.54, 1.807) is 0 Å². The first kappa shape index (κ1) is 10.4. The summed E-state index contributed by atoms with van der Waals surface area (Å²) in [5, 5.41) is 10.8. The number of hydrogen-bond acceptors (Lipinski definition) is 2. The van der Waals surface area contributed by atoms with Gasteiger partial charge in [-0.25, -0.2) is 0 Å². The Morgan fingerprint density at radius 3 is 2.57 bits per heavy atom. The molecular formula is C12H23NO. The third kappa shape index (κ3) is 1.17. The molecule has 4 atom stereocenters. The fourth-order valence-corrected chi connectivity index (χ4v) is 3.67. The van der Waals surface area contributed by atoms with Gasteiger partial charge in [-0.05, 0) is 43.9 Å². The van der Waals surface area contributed by atoms with Crippen LogP contribution in [-0.2, 0) is 0 Å². The fraction of sp³-hybridized carbons (Fsp3) is 1.00. The molecule has 0 aromatic rings. The lowest BCUT2D eigenvalue weighted by atomic mass is 9.64. The second kappa shape index (κ2) is 3.21. The van der Waals surface area contributed by atoms with E-state index in [9.17, 15) is 5.11 Å². The minimum Gasteiger partial charge on any atom is -0.389 e. The Labute approximate surface area is 86.9 Å². The van der Waals surface area contributed by atoms with Crippen LogP contribution >= 0.6 is 0 Å². The van der Waals surface area contributed by atoms with Crippen molar-refractivity contribution in [1.29, 1.82) is 0 Å². The third-order valence-corrected chi connectivity index (χ3v) is 5.09. The Morgan fingerprint density at radius 2 is 2.21 bits per heavy atom. The molecule has 2 rings (SSSR count). The number of rotatable bonds is 3. The van der Waals surface area contributed by atoms with Crippen LogP contribution in [0.1, 0.15) is 46.0 Å². The SMILES string of the molecule is CCC(C)(CN)C1(O)CC2CCC1C2. The summed E-state index contributed by atoms with van der Waals surface area (Å²) in [4.78, 5) is 0. The molecule has 0 radical (unpaired) electrons. The lowest BCUT2D eigenvalue weighted by Crippen LogP contribution is -2.53. The third-order valence-electron chi connectivity index (χ3n) is 5.09. The fourth-order valence-electron chi connectivity index (χ4n) is 3.67. The molecule has 4 unspecified atom stereocenters. The Morgan fingerprint density at radius 1 is 1.50 bits per heavy atom. The second-order valence-corrected chi connectivity index (χ2v) is 5.62. The summed E-state index contributed by atoms with van der Waals surface area (Å²) in [7, 11) is 0. The van der Waals surface area contributed by atoms with Crippen LogP contribution in [0.15, 0.2) is 0 Å². The van der Waals surface area contributed by atoms with Crippen LogP contribution < -0.4 is 5.73 Å². The van der Waals surface area contributed by atoms with E-state index in [1.165, 1.54) is 19.3 Å². The van der Waals surface area contributed by atoms with Crippen molar-refractivity contribution in [2.45, 2.75) is 51.6 Å². The summed E-state index contributed by atoms with van der Waals surface area (Å²) >= 11 is 0. The van der Waals surface area contributed by atoms with E-state index < -0.39 is 5.60 Å².